The average molecular weight is 267 g/mol. The van der Waals surface area contributed by atoms with Crippen LogP contribution in [-0.4, -0.2) is 0 Å². The summed E-state index contributed by atoms with van der Waals surface area (Å²) in [4.78, 5) is 0. The quantitative estimate of drug-likeness (QED) is 0.644. The van der Waals surface area contributed by atoms with Crippen molar-refractivity contribution in [3.8, 4) is 0 Å². The Balaban J connectivity index is 2.33. The number of nitrogens with two attached hydrogens (primary N) is 1. The first-order valence-electron chi connectivity index (χ1n) is 6.45. The van der Waals surface area contributed by atoms with Crippen molar-refractivity contribution in [2.75, 3.05) is 0 Å². The molecule has 1 aromatic carbocycles. The van der Waals surface area contributed by atoms with E-state index in [-0.39, 0.29) is 6.04 Å². The minimum absolute atomic E-state index is 0.160. The number of hydrogen-bond acceptors (Lipinski definition) is 2. The SMILES string of the molecule is Cc1ccc(C(NN)C2C(C)(C)C2(C)C)cc1Cl. The van der Waals surface area contributed by atoms with Crippen LogP contribution in [0.1, 0.15) is 44.9 Å². The fourth-order valence-corrected chi connectivity index (χ4v) is 3.46. The second kappa shape index (κ2) is 4.22. The third-order valence-electron chi connectivity index (χ3n) is 5.20. The van der Waals surface area contributed by atoms with E-state index < -0.39 is 0 Å². The molecule has 100 valence electrons. The Morgan fingerprint density at radius 1 is 1.22 bits per heavy atom. The Morgan fingerprint density at radius 3 is 2.17 bits per heavy atom. The summed E-state index contributed by atoms with van der Waals surface area (Å²) in [5.41, 5.74) is 5.85. The summed E-state index contributed by atoms with van der Waals surface area (Å²) in [6, 6.07) is 6.38. The third kappa shape index (κ3) is 1.87. The van der Waals surface area contributed by atoms with Gasteiger partial charge in [0.2, 0.25) is 0 Å². The lowest BCUT2D eigenvalue weighted by Crippen LogP contribution is -2.31. The summed E-state index contributed by atoms with van der Waals surface area (Å²) >= 11 is 6.21. The highest BCUT2D eigenvalue weighted by molar-refractivity contribution is 6.31. The van der Waals surface area contributed by atoms with Crippen LogP contribution in [0.15, 0.2) is 18.2 Å². The number of hydrogen-bond donors (Lipinski definition) is 2. The topological polar surface area (TPSA) is 38.0 Å². The van der Waals surface area contributed by atoms with Crippen molar-refractivity contribution in [1.29, 1.82) is 0 Å². The molecule has 0 amide bonds. The second-order valence-corrected chi connectivity index (χ2v) is 6.98. The zero-order valence-electron chi connectivity index (χ0n) is 11.8. The molecule has 0 bridgehead atoms. The van der Waals surface area contributed by atoms with Gasteiger partial charge in [-0.15, -0.1) is 0 Å². The van der Waals surface area contributed by atoms with E-state index in [1.807, 2.05) is 13.0 Å². The van der Waals surface area contributed by atoms with Gasteiger partial charge in [0.15, 0.2) is 0 Å². The Hall–Kier alpha value is -0.570. The number of nitrogens with one attached hydrogen (secondary N) is 1. The molecule has 2 rings (SSSR count). The van der Waals surface area contributed by atoms with Crippen molar-refractivity contribution in [2.24, 2.45) is 22.6 Å². The maximum atomic E-state index is 6.21. The van der Waals surface area contributed by atoms with Crippen LogP contribution in [0.5, 0.6) is 0 Å². The van der Waals surface area contributed by atoms with Crippen molar-refractivity contribution in [3.05, 3.63) is 34.3 Å². The van der Waals surface area contributed by atoms with E-state index in [9.17, 15) is 0 Å². The van der Waals surface area contributed by atoms with Crippen LogP contribution in [0.4, 0.5) is 0 Å². The number of aryl methyl sites for hydroxylation is 1. The molecule has 1 fully saturated rings. The normalized spacial score (nSPS) is 22.8. The highest BCUT2D eigenvalue weighted by atomic mass is 35.5. The van der Waals surface area contributed by atoms with E-state index in [1.54, 1.807) is 0 Å². The lowest BCUT2D eigenvalue weighted by molar-refractivity contribution is 0.417. The van der Waals surface area contributed by atoms with Gasteiger partial charge < -0.3 is 0 Å². The number of rotatable bonds is 3. The fourth-order valence-electron chi connectivity index (χ4n) is 3.27. The molecule has 3 heteroatoms. The summed E-state index contributed by atoms with van der Waals surface area (Å²) < 4.78 is 0. The molecule has 1 atom stereocenters. The molecule has 3 N–H and O–H groups in total. The molecule has 0 heterocycles. The molecule has 18 heavy (non-hydrogen) atoms. The Morgan fingerprint density at radius 2 is 1.78 bits per heavy atom. The first-order chi connectivity index (χ1) is 8.23. The fraction of sp³-hybridized carbons (Fsp3) is 0.600. The monoisotopic (exact) mass is 266 g/mol. The molecule has 2 nitrogen and oxygen atoms in total. The molecule has 0 radical (unpaired) electrons. The van der Waals surface area contributed by atoms with Gasteiger partial charge in [-0.1, -0.05) is 51.4 Å². The van der Waals surface area contributed by atoms with E-state index >= 15 is 0 Å². The molecule has 1 aliphatic rings. The molecule has 1 aliphatic carbocycles. The molecule has 0 spiro atoms. The van der Waals surface area contributed by atoms with Gasteiger partial charge in [-0.2, -0.15) is 0 Å². The third-order valence-corrected chi connectivity index (χ3v) is 5.61. The molecular weight excluding hydrogens is 244 g/mol. The minimum Gasteiger partial charge on any atom is -0.271 e. The summed E-state index contributed by atoms with van der Waals surface area (Å²) in [7, 11) is 0. The van der Waals surface area contributed by atoms with Crippen molar-refractivity contribution in [1.82, 2.24) is 5.43 Å². The van der Waals surface area contributed by atoms with Gasteiger partial charge in [0.1, 0.15) is 0 Å². The number of hydrazine groups is 1. The largest absolute Gasteiger partial charge is 0.271 e. The van der Waals surface area contributed by atoms with Gasteiger partial charge in [-0.25, -0.2) is 0 Å². The zero-order valence-corrected chi connectivity index (χ0v) is 12.6. The smallest absolute Gasteiger partial charge is 0.0499 e. The highest BCUT2D eigenvalue weighted by Crippen LogP contribution is 2.72. The van der Waals surface area contributed by atoms with E-state index in [0.717, 1.165) is 10.6 Å². The van der Waals surface area contributed by atoms with E-state index in [2.05, 4.69) is 45.3 Å². The van der Waals surface area contributed by atoms with Crippen LogP contribution in [0.3, 0.4) is 0 Å². The van der Waals surface area contributed by atoms with Crippen LogP contribution in [0.25, 0.3) is 0 Å². The van der Waals surface area contributed by atoms with Gasteiger partial charge in [0, 0.05) is 11.1 Å². The predicted molar refractivity (Wildman–Crippen MR) is 77.3 cm³/mol. The molecule has 0 aromatic heterocycles. The molecule has 1 saturated carbocycles. The van der Waals surface area contributed by atoms with Crippen LogP contribution >= 0.6 is 11.6 Å². The number of benzene rings is 1. The zero-order chi connectivity index (χ0) is 13.7. The first kappa shape index (κ1) is 13.9. The summed E-state index contributed by atoms with van der Waals surface area (Å²) in [6.45, 7) is 11.2. The minimum atomic E-state index is 0.160. The summed E-state index contributed by atoms with van der Waals surface area (Å²) in [5.74, 6) is 6.31. The van der Waals surface area contributed by atoms with Crippen LogP contribution < -0.4 is 11.3 Å². The molecular formula is C15H23ClN2. The highest BCUT2D eigenvalue weighted by Gasteiger charge is 2.67. The summed E-state index contributed by atoms with van der Waals surface area (Å²) in [6.07, 6.45) is 0. The maximum Gasteiger partial charge on any atom is 0.0499 e. The molecule has 0 aliphatic heterocycles. The van der Waals surface area contributed by atoms with Crippen LogP contribution in [0, 0.1) is 23.7 Å². The van der Waals surface area contributed by atoms with Crippen LogP contribution in [0.2, 0.25) is 5.02 Å². The van der Waals surface area contributed by atoms with Crippen molar-refractivity contribution in [3.63, 3.8) is 0 Å². The number of halogens is 1. The predicted octanol–water partition coefficient (Wildman–Crippen LogP) is 3.84. The van der Waals surface area contributed by atoms with Gasteiger partial charge in [0.25, 0.3) is 0 Å². The average Bonchev–Trinajstić information content (AvgIpc) is 2.67. The maximum absolute atomic E-state index is 6.21. The lowest BCUT2D eigenvalue weighted by Gasteiger charge is -2.19. The lowest BCUT2D eigenvalue weighted by atomic mass is 9.96. The van der Waals surface area contributed by atoms with Gasteiger partial charge in [0.05, 0.1) is 0 Å². The Kier molecular flexibility index (Phi) is 3.25. The molecule has 0 saturated heterocycles. The summed E-state index contributed by atoms with van der Waals surface area (Å²) in [5, 5.41) is 0.809. The standard InChI is InChI=1S/C15H23ClN2/c1-9-6-7-10(8-11(9)16)12(18-17)13-14(2,3)15(13,4)5/h6-8,12-13,18H,17H2,1-5H3. The second-order valence-electron chi connectivity index (χ2n) is 6.57. The van der Waals surface area contributed by atoms with Gasteiger partial charge >= 0.3 is 0 Å². The van der Waals surface area contributed by atoms with Crippen LogP contribution in [-0.2, 0) is 0 Å². The molecule has 1 unspecified atom stereocenters. The van der Waals surface area contributed by atoms with E-state index in [1.165, 1.54) is 5.56 Å². The molecule has 1 aromatic rings. The van der Waals surface area contributed by atoms with E-state index in [0.29, 0.717) is 16.7 Å². The van der Waals surface area contributed by atoms with Crippen molar-refractivity contribution in [2.45, 2.75) is 40.7 Å². The van der Waals surface area contributed by atoms with Crippen molar-refractivity contribution < 1.29 is 0 Å². The Bertz CT molecular complexity index is 452. The van der Waals surface area contributed by atoms with Crippen molar-refractivity contribution >= 4 is 11.6 Å². The van der Waals surface area contributed by atoms with Gasteiger partial charge in [-0.05, 0) is 40.9 Å². The Labute approximate surface area is 115 Å². The first-order valence-corrected chi connectivity index (χ1v) is 6.83. The van der Waals surface area contributed by atoms with Gasteiger partial charge in [-0.3, -0.25) is 11.3 Å². The van der Waals surface area contributed by atoms with E-state index in [4.69, 9.17) is 17.4 Å².